The molecule has 29 heavy (non-hydrogen) atoms. The molecule has 7 nitrogen and oxygen atoms in total. The highest BCUT2D eigenvalue weighted by atomic mass is 32.2. The topological polar surface area (TPSA) is 88.6 Å². The van der Waals surface area contributed by atoms with Gasteiger partial charge in [0.05, 0.1) is 22.9 Å². The van der Waals surface area contributed by atoms with Gasteiger partial charge in [0.1, 0.15) is 5.82 Å². The summed E-state index contributed by atoms with van der Waals surface area (Å²) in [6, 6.07) is 9.91. The fraction of sp³-hybridized carbons (Fsp3) is 0.429. The summed E-state index contributed by atoms with van der Waals surface area (Å²) < 4.78 is 29.9. The van der Waals surface area contributed by atoms with Gasteiger partial charge in [-0.15, -0.1) is 0 Å². The summed E-state index contributed by atoms with van der Waals surface area (Å²) in [6.45, 7) is 7.97. The number of amides is 1. The predicted octanol–water partition coefficient (Wildman–Crippen LogP) is 2.42. The molecule has 1 aliphatic heterocycles. The number of carbonyl (C=O) groups is 1. The van der Waals surface area contributed by atoms with Crippen molar-refractivity contribution in [3.63, 3.8) is 0 Å². The number of hydrogen-bond acceptors (Lipinski definition) is 6. The number of ether oxygens (including phenoxy) is 1. The van der Waals surface area contributed by atoms with Crippen molar-refractivity contribution in [2.45, 2.75) is 43.6 Å². The molecule has 1 saturated heterocycles. The average molecular weight is 418 g/mol. The Morgan fingerprint density at radius 2 is 1.97 bits per heavy atom. The highest BCUT2D eigenvalue weighted by Gasteiger charge is 2.20. The van der Waals surface area contributed by atoms with Crippen LogP contribution in [-0.2, 0) is 21.1 Å². The predicted molar refractivity (Wildman–Crippen MR) is 112 cm³/mol. The molecule has 0 bridgehead atoms. The fourth-order valence-electron chi connectivity index (χ4n) is 3.09. The smallest absolute Gasteiger partial charge is 0.251 e. The summed E-state index contributed by atoms with van der Waals surface area (Å²) in [5.41, 5.74) is 1.31. The molecule has 0 radical (unpaired) electrons. The van der Waals surface area contributed by atoms with Gasteiger partial charge in [0.15, 0.2) is 9.84 Å². The Hall–Kier alpha value is -2.45. The number of aromatic nitrogens is 1. The minimum atomic E-state index is -3.34. The van der Waals surface area contributed by atoms with Crippen molar-refractivity contribution in [3.05, 3.63) is 53.7 Å². The molecule has 0 aliphatic carbocycles. The summed E-state index contributed by atoms with van der Waals surface area (Å²) in [6.07, 6.45) is 1.94. The number of benzene rings is 1. The first-order chi connectivity index (χ1) is 13.8. The molecule has 3 rings (SSSR count). The Balaban J connectivity index is 1.58. The molecular weight excluding hydrogens is 390 g/mol. The van der Waals surface area contributed by atoms with Gasteiger partial charge in [0, 0.05) is 31.4 Å². The maximum absolute atomic E-state index is 12.4. The molecule has 2 aromatic rings. The molecule has 0 saturated carbocycles. The molecular formula is C21H27N3O4S. The van der Waals surface area contributed by atoms with Crippen LogP contribution in [0.25, 0.3) is 0 Å². The third kappa shape index (κ3) is 5.13. The molecule has 1 amide bonds. The van der Waals surface area contributed by atoms with E-state index in [0.29, 0.717) is 18.7 Å². The fourth-order valence-corrected chi connectivity index (χ4v) is 4.15. The summed E-state index contributed by atoms with van der Waals surface area (Å²) in [4.78, 5) is 19.3. The third-order valence-corrected chi connectivity index (χ3v) is 7.06. The van der Waals surface area contributed by atoms with E-state index in [2.05, 4.69) is 15.2 Å². The summed E-state index contributed by atoms with van der Waals surface area (Å²) in [5.74, 6) is 0.641. The first-order valence-corrected chi connectivity index (χ1v) is 11.3. The number of rotatable bonds is 6. The van der Waals surface area contributed by atoms with Crippen molar-refractivity contribution in [2.75, 3.05) is 24.6 Å². The Labute approximate surface area is 172 Å². The molecule has 156 valence electrons. The van der Waals surface area contributed by atoms with Gasteiger partial charge in [-0.2, -0.15) is 0 Å². The van der Waals surface area contributed by atoms with E-state index in [9.17, 15) is 13.2 Å². The van der Waals surface area contributed by atoms with E-state index in [1.807, 2.05) is 19.1 Å². The highest BCUT2D eigenvalue weighted by molar-refractivity contribution is 7.92. The van der Waals surface area contributed by atoms with Crippen LogP contribution in [-0.4, -0.2) is 50.4 Å². The van der Waals surface area contributed by atoms with E-state index in [1.54, 1.807) is 20.0 Å². The first kappa shape index (κ1) is 21.3. The number of hydrogen-bond donors (Lipinski definition) is 1. The summed E-state index contributed by atoms with van der Waals surface area (Å²) in [5, 5.41) is 2.34. The number of pyridine rings is 1. The maximum atomic E-state index is 12.4. The van der Waals surface area contributed by atoms with Crippen LogP contribution in [0.5, 0.6) is 0 Å². The number of sulfone groups is 1. The molecule has 1 aliphatic rings. The van der Waals surface area contributed by atoms with Crippen molar-refractivity contribution in [1.82, 2.24) is 10.3 Å². The largest absolute Gasteiger partial charge is 0.375 e. The van der Waals surface area contributed by atoms with Crippen molar-refractivity contribution < 1.29 is 17.9 Å². The second-order valence-corrected chi connectivity index (χ2v) is 9.96. The molecule has 1 aromatic carbocycles. The van der Waals surface area contributed by atoms with E-state index < -0.39 is 15.1 Å². The molecule has 1 aromatic heterocycles. The minimum Gasteiger partial charge on any atom is -0.375 e. The minimum absolute atomic E-state index is 0.187. The van der Waals surface area contributed by atoms with Crippen LogP contribution >= 0.6 is 0 Å². The molecule has 2 heterocycles. The number of nitrogens with zero attached hydrogens (tertiary/aromatic N) is 2. The van der Waals surface area contributed by atoms with Crippen molar-refractivity contribution >= 4 is 21.6 Å². The van der Waals surface area contributed by atoms with Gasteiger partial charge in [-0.3, -0.25) is 4.79 Å². The lowest BCUT2D eigenvalue weighted by molar-refractivity contribution is 0.0529. The van der Waals surface area contributed by atoms with Gasteiger partial charge >= 0.3 is 0 Å². The molecule has 1 atom stereocenters. The van der Waals surface area contributed by atoms with Crippen molar-refractivity contribution in [3.8, 4) is 0 Å². The lowest BCUT2D eigenvalue weighted by atomic mass is 10.2. The zero-order valence-electron chi connectivity index (χ0n) is 17.0. The van der Waals surface area contributed by atoms with Gasteiger partial charge in [0.2, 0.25) is 0 Å². The Bertz CT molecular complexity index is 941. The maximum Gasteiger partial charge on any atom is 0.251 e. The second-order valence-electron chi connectivity index (χ2n) is 7.45. The Morgan fingerprint density at radius 3 is 2.55 bits per heavy atom. The normalized spacial score (nSPS) is 17.4. The molecule has 1 fully saturated rings. The Morgan fingerprint density at radius 1 is 1.24 bits per heavy atom. The van der Waals surface area contributed by atoms with Gasteiger partial charge in [-0.05, 0) is 56.7 Å². The van der Waals surface area contributed by atoms with Crippen LogP contribution in [0.15, 0.2) is 47.5 Å². The number of carbonyl (C=O) groups excluding carboxylic acids is 1. The van der Waals surface area contributed by atoms with Crippen LogP contribution in [0, 0.1) is 0 Å². The van der Waals surface area contributed by atoms with Crippen molar-refractivity contribution in [1.29, 1.82) is 0 Å². The molecule has 1 N–H and O–H groups in total. The van der Waals surface area contributed by atoms with Gasteiger partial charge in [0.25, 0.3) is 5.91 Å². The lowest BCUT2D eigenvalue weighted by Crippen LogP contribution is -2.41. The third-order valence-electron chi connectivity index (χ3n) is 4.89. The monoisotopic (exact) mass is 417 g/mol. The zero-order chi connectivity index (χ0) is 21.0. The highest BCUT2D eigenvalue weighted by Crippen LogP contribution is 2.17. The van der Waals surface area contributed by atoms with Crippen molar-refractivity contribution in [2.24, 2.45) is 0 Å². The van der Waals surface area contributed by atoms with Gasteiger partial charge in [-0.25, -0.2) is 13.4 Å². The van der Waals surface area contributed by atoms with Crippen LogP contribution in [0.2, 0.25) is 0 Å². The summed E-state index contributed by atoms with van der Waals surface area (Å²) >= 11 is 0. The van der Waals surface area contributed by atoms with E-state index in [1.165, 1.54) is 24.3 Å². The lowest BCUT2D eigenvalue weighted by Gasteiger charge is -2.32. The first-order valence-electron chi connectivity index (χ1n) is 9.71. The van der Waals surface area contributed by atoms with Crippen LogP contribution < -0.4 is 10.2 Å². The van der Waals surface area contributed by atoms with Crippen LogP contribution in [0.1, 0.15) is 36.7 Å². The van der Waals surface area contributed by atoms with Crippen LogP contribution in [0.3, 0.4) is 0 Å². The van der Waals surface area contributed by atoms with Gasteiger partial charge < -0.3 is 15.0 Å². The van der Waals surface area contributed by atoms with E-state index in [-0.39, 0.29) is 16.9 Å². The average Bonchev–Trinajstić information content (AvgIpc) is 2.72. The molecule has 8 heteroatoms. The second kappa shape index (κ2) is 8.92. The van der Waals surface area contributed by atoms with Crippen LogP contribution in [0.4, 0.5) is 5.82 Å². The van der Waals surface area contributed by atoms with E-state index in [0.717, 1.165) is 24.5 Å². The molecule has 1 unspecified atom stereocenters. The number of nitrogens with one attached hydrogen (secondary N) is 1. The summed E-state index contributed by atoms with van der Waals surface area (Å²) in [7, 11) is -3.34. The van der Waals surface area contributed by atoms with E-state index >= 15 is 0 Å². The van der Waals surface area contributed by atoms with E-state index in [4.69, 9.17) is 4.74 Å². The van der Waals surface area contributed by atoms with Gasteiger partial charge in [-0.1, -0.05) is 6.07 Å². The number of anilines is 1. The zero-order valence-corrected chi connectivity index (χ0v) is 17.8. The SMILES string of the molecule is CC1CN(c2ccc(CNC(=O)c3ccc(S(=O)(=O)C(C)C)cc3)cn2)CCO1. The quantitative estimate of drug-likeness (QED) is 0.777. The number of morpholine rings is 1. The molecule has 0 spiro atoms. The Kier molecular flexibility index (Phi) is 6.54. The standard InChI is InChI=1S/C21H27N3O4S/c1-15(2)29(26,27)19-7-5-18(6-8-19)21(25)23-13-17-4-9-20(22-12-17)24-10-11-28-16(3)14-24/h4-9,12,15-16H,10-11,13-14H2,1-3H3,(H,23,25).